The number of hydrogen-bond acceptors (Lipinski definition) is 5. The third-order valence-electron chi connectivity index (χ3n) is 4.15. The largest absolute Gasteiger partial charge is 0.497 e. The summed E-state index contributed by atoms with van der Waals surface area (Å²) in [6, 6.07) is 14.7. The van der Waals surface area contributed by atoms with Crippen LogP contribution in [0.3, 0.4) is 0 Å². The molecule has 1 aromatic heterocycles. The second kappa shape index (κ2) is 7.82. The summed E-state index contributed by atoms with van der Waals surface area (Å²) in [5.41, 5.74) is 3.51. The second-order valence-electron chi connectivity index (χ2n) is 6.13. The first-order chi connectivity index (χ1) is 13.0. The van der Waals surface area contributed by atoms with Gasteiger partial charge < -0.3 is 19.7 Å². The number of carbonyl (C=O) groups excluding carboxylic acids is 1. The van der Waals surface area contributed by atoms with E-state index in [0.29, 0.717) is 28.6 Å². The van der Waals surface area contributed by atoms with E-state index in [1.54, 1.807) is 26.4 Å². The first kappa shape index (κ1) is 18.3. The van der Waals surface area contributed by atoms with Gasteiger partial charge in [0.2, 0.25) is 0 Å². The molecular formula is C20H22N4O3. The molecule has 7 nitrogen and oxygen atoms in total. The molecule has 27 heavy (non-hydrogen) atoms. The van der Waals surface area contributed by atoms with Crippen molar-refractivity contribution < 1.29 is 14.3 Å². The SMILES string of the molecule is COc1ccc(-c2cc(C(=O)Nc3ccc(N(C)C)cc3)[nH]n2)c(OC)c1. The molecule has 0 atom stereocenters. The van der Waals surface area contributed by atoms with Crippen LogP contribution in [0.1, 0.15) is 10.5 Å². The van der Waals surface area contributed by atoms with Gasteiger partial charge in [0.05, 0.1) is 19.9 Å². The van der Waals surface area contributed by atoms with Crippen molar-refractivity contribution in [2.75, 3.05) is 38.5 Å². The van der Waals surface area contributed by atoms with Gasteiger partial charge in [0.1, 0.15) is 17.2 Å². The van der Waals surface area contributed by atoms with E-state index in [-0.39, 0.29) is 5.91 Å². The van der Waals surface area contributed by atoms with Crippen molar-refractivity contribution in [3.63, 3.8) is 0 Å². The Balaban J connectivity index is 1.78. The molecule has 0 saturated carbocycles. The number of carbonyl (C=O) groups is 1. The van der Waals surface area contributed by atoms with Crippen molar-refractivity contribution >= 4 is 17.3 Å². The Morgan fingerprint density at radius 1 is 1.04 bits per heavy atom. The molecule has 140 valence electrons. The van der Waals surface area contributed by atoms with Gasteiger partial charge in [-0.15, -0.1) is 0 Å². The molecule has 0 aliphatic rings. The Labute approximate surface area is 157 Å². The molecule has 0 fully saturated rings. The lowest BCUT2D eigenvalue weighted by molar-refractivity contribution is 0.102. The monoisotopic (exact) mass is 366 g/mol. The quantitative estimate of drug-likeness (QED) is 0.699. The Bertz CT molecular complexity index is 933. The molecule has 0 aliphatic heterocycles. The lowest BCUT2D eigenvalue weighted by Crippen LogP contribution is -2.13. The van der Waals surface area contributed by atoms with Crippen molar-refractivity contribution in [3.05, 3.63) is 54.2 Å². The van der Waals surface area contributed by atoms with Crippen molar-refractivity contribution in [1.29, 1.82) is 0 Å². The Kier molecular flexibility index (Phi) is 5.30. The molecule has 3 rings (SSSR count). The third-order valence-corrected chi connectivity index (χ3v) is 4.15. The summed E-state index contributed by atoms with van der Waals surface area (Å²) in [6.07, 6.45) is 0. The van der Waals surface area contributed by atoms with Crippen LogP contribution in [-0.2, 0) is 0 Å². The number of aromatic nitrogens is 2. The van der Waals surface area contributed by atoms with Crippen molar-refractivity contribution in [3.8, 4) is 22.8 Å². The van der Waals surface area contributed by atoms with Gasteiger partial charge in [0.15, 0.2) is 0 Å². The molecule has 0 bridgehead atoms. The Morgan fingerprint density at radius 2 is 1.78 bits per heavy atom. The molecule has 7 heteroatoms. The maximum absolute atomic E-state index is 12.5. The fourth-order valence-corrected chi connectivity index (χ4v) is 2.63. The maximum Gasteiger partial charge on any atom is 0.273 e. The molecule has 0 aliphatic carbocycles. The highest BCUT2D eigenvalue weighted by Gasteiger charge is 2.15. The van der Waals surface area contributed by atoms with Gasteiger partial charge >= 0.3 is 0 Å². The summed E-state index contributed by atoms with van der Waals surface area (Å²) < 4.78 is 10.6. The van der Waals surface area contributed by atoms with Crippen molar-refractivity contribution in [2.24, 2.45) is 0 Å². The fraction of sp³-hybridized carbons (Fsp3) is 0.200. The normalized spacial score (nSPS) is 10.4. The number of methoxy groups -OCH3 is 2. The van der Waals surface area contributed by atoms with Crippen LogP contribution in [-0.4, -0.2) is 44.4 Å². The van der Waals surface area contributed by atoms with Crippen LogP contribution in [0.15, 0.2) is 48.5 Å². The lowest BCUT2D eigenvalue weighted by atomic mass is 10.1. The minimum atomic E-state index is -0.265. The molecule has 0 saturated heterocycles. The van der Waals surface area contributed by atoms with E-state index >= 15 is 0 Å². The van der Waals surface area contributed by atoms with Crippen LogP contribution in [0, 0.1) is 0 Å². The molecule has 1 amide bonds. The molecule has 3 aromatic rings. The highest BCUT2D eigenvalue weighted by Crippen LogP contribution is 2.32. The number of amides is 1. The van der Waals surface area contributed by atoms with E-state index in [1.807, 2.05) is 55.4 Å². The topological polar surface area (TPSA) is 79.5 Å². The average Bonchev–Trinajstić information content (AvgIpc) is 3.18. The number of nitrogens with one attached hydrogen (secondary N) is 2. The number of H-pyrrole nitrogens is 1. The predicted octanol–water partition coefficient (Wildman–Crippen LogP) is 3.41. The van der Waals surface area contributed by atoms with Gasteiger partial charge in [0.25, 0.3) is 5.91 Å². The van der Waals surface area contributed by atoms with Gasteiger partial charge in [0, 0.05) is 37.1 Å². The minimum absolute atomic E-state index is 0.265. The van der Waals surface area contributed by atoms with Crippen LogP contribution in [0.2, 0.25) is 0 Å². The van der Waals surface area contributed by atoms with Crippen molar-refractivity contribution in [1.82, 2.24) is 10.2 Å². The Hall–Kier alpha value is -3.48. The molecule has 0 spiro atoms. The van der Waals surface area contributed by atoms with Crippen LogP contribution in [0.5, 0.6) is 11.5 Å². The first-order valence-corrected chi connectivity index (χ1v) is 8.38. The molecule has 1 heterocycles. The van der Waals surface area contributed by atoms with E-state index in [2.05, 4.69) is 15.5 Å². The lowest BCUT2D eigenvalue weighted by Gasteiger charge is -2.12. The molecule has 0 unspecified atom stereocenters. The first-order valence-electron chi connectivity index (χ1n) is 8.38. The fourth-order valence-electron chi connectivity index (χ4n) is 2.63. The van der Waals surface area contributed by atoms with E-state index in [9.17, 15) is 4.79 Å². The molecule has 2 aromatic carbocycles. The number of aromatic amines is 1. The van der Waals surface area contributed by atoms with Gasteiger partial charge in [-0.25, -0.2) is 0 Å². The van der Waals surface area contributed by atoms with Crippen LogP contribution in [0.4, 0.5) is 11.4 Å². The highest BCUT2D eigenvalue weighted by atomic mass is 16.5. The summed E-state index contributed by atoms with van der Waals surface area (Å²) in [4.78, 5) is 14.5. The number of rotatable bonds is 6. The minimum Gasteiger partial charge on any atom is -0.497 e. The van der Waals surface area contributed by atoms with Crippen molar-refractivity contribution in [2.45, 2.75) is 0 Å². The predicted molar refractivity (Wildman–Crippen MR) is 106 cm³/mol. The van der Waals surface area contributed by atoms with Gasteiger partial charge in [-0.2, -0.15) is 5.10 Å². The van der Waals surface area contributed by atoms with Crippen LogP contribution in [0.25, 0.3) is 11.3 Å². The zero-order valence-electron chi connectivity index (χ0n) is 15.7. The third kappa shape index (κ3) is 4.03. The number of nitrogens with zero attached hydrogens (tertiary/aromatic N) is 2. The molecule has 2 N–H and O–H groups in total. The van der Waals surface area contributed by atoms with Crippen LogP contribution >= 0.6 is 0 Å². The smallest absolute Gasteiger partial charge is 0.273 e. The summed E-state index contributed by atoms with van der Waals surface area (Å²) in [6.45, 7) is 0. The van der Waals surface area contributed by atoms with E-state index in [0.717, 1.165) is 11.3 Å². The number of ether oxygens (including phenoxy) is 2. The average molecular weight is 366 g/mol. The summed E-state index contributed by atoms with van der Waals surface area (Å²) >= 11 is 0. The molecular weight excluding hydrogens is 344 g/mol. The van der Waals surface area contributed by atoms with Crippen LogP contribution < -0.4 is 19.7 Å². The molecule has 0 radical (unpaired) electrons. The van der Waals surface area contributed by atoms with Gasteiger partial charge in [-0.1, -0.05) is 0 Å². The standard InChI is InChI=1S/C20H22N4O3/c1-24(2)14-7-5-13(6-8-14)21-20(25)18-12-17(22-23-18)16-10-9-15(26-3)11-19(16)27-4/h5-12H,1-4H3,(H,21,25)(H,22,23). The maximum atomic E-state index is 12.5. The Morgan fingerprint density at radius 3 is 2.41 bits per heavy atom. The number of anilines is 2. The number of benzene rings is 2. The summed E-state index contributed by atoms with van der Waals surface area (Å²) in [7, 11) is 7.10. The van der Waals surface area contributed by atoms with Gasteiger partial charge in [-0.3, -0.25) is 9.89 Å². The van der Waals surface area contributed by atoms with Gasteiger partial charge in [-0.05, 0) is 42.5 Å². The number of hydrogen-bond donors (Lipinski definition) is 2. The zero-order chi connectivity index (χ0) is 19.4. The highest BCUT2D eigenvalue weighted by molar-refractivity contribution is 6.03. The summed E-state index contributed by atoms with van der Waals surface area (Å²) in [5, 5.41) is 9.87. The summed E-state index contributed by atoms with van der Waals surface area (Å²) in [5.74, 6) is 1.04. The second-order valence-corrected chi connectivity index (χ2v) is 6.13. The van der Waals surface area contributed by atoms with E-state index in [4.69, 9.17) is 9.47 Å². The van der Waals surface area contributed by atoms with E-state index in [1.165, 1.54) is 0 Å². The van der Waals surface area contributed by atoms with E-state index < -0.39 is 0 Å². The zero-order valence-corrected chi connectivity index (χ0v) is 15.7.